The standard InChI is InChI=1S/C14H8O4/c15-10-6-5-9-11(14(10)18)13(17)8-4-2-1-3-7(8)12(9)16/h1-4H,5-6H2. The van der Waals surface area contributed by atoms with Crippen molar-refractivity contribution in [2.45, 2.75) is 12.8 Å². The Balaban J connectivity index is 2.27. The molecule has 2 aliphatic carbocycles. The molecule has 0 spiro atoms. The molecule has 0 fully saturated rings. The molecule has 0 amide bonds. The van der Waals surface area contributed by atoms with Crippen LogP contribution in [-0.2, 0) is 9.59 Å². The van der Waals surface area contributed by atoms with Crippen LogP contribution in [0.5, 0.6) is 0 Å². The molecule has 1 aromatic rings. The number of fused-ring (bicyclic) bond motifs is 1. The Morgan fingerprint density at radius 2 is 1.33 bits per heavy atom. The summed E-state index contributed by atoms with van der Waals surface area (Å²) in [5.74, 6) is -2.21. The number of benzene rings is 1. The van der Waals surface area contributed by atoms with Crippen LogP contribution in [-0.4, -0.2) is 23.1 Å². The van der Waals surface area contributed by atoms with Gasteiger partial charge in [0.25, 0.3) is 0 Å². The second-order valence-corrected chi connectivity index (χ2v) is 4.31. The van der Waals surface area contributed by atoms with Gasteiger partial charge in [-0.2, -0.15) is 0 Å². The molecule has 0 unspecified atom stereocenters. The minimum absolute atomic E-state index is 0.0128. The first-order chi connectivity index (χ1) is 8.61. The summed E-state index contributed by atoms with van der Waals surface area (Å²) >= 11 is 0. The van der Waals surface area contributed by atoms with Crippen LogP contribution in [0.15, 0.2) is 35.4 Å². The van der Waals surface area contributed by atoms with E-state index in [-0.39, 0.29) is 35.3 Å². The highest BCUT2D eigenvalue weighted by Gasteiger charge is 2.40. The summed E-state index contributed by atoms with van der Waals surface area (Å²) < 4.78 is 0. The van der Waals surface area contributed by atoms with E-state index in [0.717, 1.165) is 0 Å². The van der Waals surface area contributed by atoms with Gasteiger partial charge >= 0.3 is 0 Å². The number of hydrogen-bond acceptors (Lipinski definition) is 4. The molecular formula is C14H8O4. The van der Waals surface area contributed by atoms with E-state index in [0.29, 0.717) is 5.56 Å². The number of allylic oxidation sites excluding steroid dienone is 2. The fourth-order valence-electron chi connectivity index (χ4n) is 2.40. The molecule has 4 heteroatoms. The van der Waals surface area contributed by atoms with Crippen molar-refractivity contribution >= 4 is 23.1 Å². The van der Waals surface area contributed by atoms with Crippen LogP contribution >= 0.6 is 0 Å². The number of carbonyl (C=O) groups excluding carboxylic acids is 4. The van der Waals surface area contributed by atoms with E-state index < -0.39 is 17.3 Å². The van der Waals surface area contributed by atoms with E-state index in [1.54, 1.807) is 18.2 Å². The average molecular weight is 240 g/mol. The van der Waals surface area contributed by atoms with Gasteiger partial charge < -0.3 is 0 Å². The van der Waals surface area contributed by atoms with Gasteiger partial charge in [-0.1, -0.05) is 24.3 Å². The molecule has 2 aliphatic rings. The average Bonchev–Trinajstić information content (AvgIpc) is 2.39. The number of hydrogen-bond donors (Lipinski definition) is 0. The van der Waals surface area contributed by atoms with E-state index in [4.69, 9.17) is 0 Å². The Kier molecular flexibility index (Phi) is 2.13. The Labute approximate surface area is 102 Å². The monoisotopic (exact) mass is 240 g/mol. The SMILES string of the molecule is O=C1CCC2=C(C1=O)C(=O)c1ccccc1C2=O. The predicted molar refractivity (Wildman–Crippen MR) is 61.4 cm³/mol. The summed E-state index contributed by atoms with van der Waals surface area (Å²) in [4.78, 5) is 47.5. The Bertz CT molecular complexity index is 664. The highest BCUT2D eigenvalue weighted by molar-refractivity contribution is 6.54. The zero-order valence-electron chi connectivity index (χ0n) is 9.36. The van der Waals surface area contributed by atoms with Crippen molar-refractivity contribution in [3.05, 3.63) is 46.5 Å². The Morgan fingerprint density at radius 1 is 0.722 bits per heavy atom. The molecule has 0 heterocycles. The fourth-order valence-corrected chi connectivity index (χ4v) is 2.40. The van der Waals surface area contributed by atoms with Gasteiger partial charge in [-0.15, -0.1) is 0 Å². The van der Waals surface area contributed by atoms with Crippen LogP contribution in [0.1, 0.15) is 33.6 Å². The molecule has 88 valence electrons. The molecule has 18 heavy (non-hydrogen) atoms. The Morgan fingerprint density at radius 3 is 2.00 bits per heavy atom. The van der Waals surface area contributed by atoms with Crippen molar-refractivity contribution in [1.82, 2.24) is 0 Å². The molecule has 0 atom stereocenters. The maximum atomic E-state index is 12.2. The summed E-state index contributed by atoms with van der Waals surface area (Å²) in [6, 6.07) is 6.38. The minimum Gasteiger partial charge on any atom is -0.290 e. The van der Waals surface area contributed by atoms with E-state index in [1.165, 1.54) is 6.07 Å². The quantitative estimate of drug-likeness (QED) is 0.506. The van der Waals surface area contributed by atoms with Crippen molar-refractivity contribution in [3.63, 3.8) is 0 Å². The minimum atomic E-state index is -0.816. The summed E-state index contributed by atoms with van der Waals surface area (Å²) in [7, 11) is 0. The smallest absolute Gasteiger partial charge is 0.232 e. The molecular weight excluding hydrogens is 232 g/mol. The van der Waals surface area contributed by atoms with Gasteiger partial charge in [0.2, 0.25) is 11.6 Å². The molecule has 0 aromatic heterocycles. The third-order valence-corrected chi connectivity index (χ3v) is 3.30. The molecule has 0 saturated carbocycles. The van der Waals surface area contributed by atoms with E-state index in [2.05, 4.69) is 0 Å². The van der Waals surface area contributed by atoms with Crippen molar-refractivity contribution < 1.29 is 19.2 Å². The normalized spacial score (nSPS) is 18.9. The number of carbonyl (C=O) groups is 4. The number of Topliss-reactive ketones (excluding diaryl/α,β-unsaturated/α-hetero) is 4. The van der Waals surface area contributed by atoms with Crippen LogP contribution in [0.2, 0.25) is 0 Å². The van der Waals surface area contributed by atoms with Crippen LogP contribution in [0, 0.1) is 0 Å². The first-order valence-corrected chi connectivity index (χ1v) is 5.60. The van der Waals surface area contributed by atoms with E-state index >= 15 is 0 Å². The summed E-state index contributed by atoms with van der Waals surface area (Å²) in [5.41, 5.74) is 0.519. The van der Waals surface area contributed by atoms with Gasteiger partial charge in [-0.25, -0.2) is 0 Å². The van der Waals surface area contributed by atoms with Crippen LogP contribution in [0.4, 0.5) is 0 Å². The Hall–Kier alpha value is -2.36. The molecule has 0 bridgehead atoms. The predicted octanol–water partition coefficient (Wildman–Crippen LogP) is 1.29. The van der Waals surface area contributed by atoms with Gasteiger partial charge in [0.15, 0.2) is 11.6 Å². The zero-order valence-corrected chi connectivity index (χ0v) is 9.36. The second-order valence-electron chi connectivity index (χ2n) is 4.31. The first-order valence-electron chi connectivity index (χ1n) is 5.60. The van der Waals surface area contributed by atoms with Crippen molar-refractivity contribution in [2.75, 3.05) is 0 Å². The van der Waals surface area contributed by atoms with Gasteiger partial charge in [-0.05, 0) is 6.42 Å². The zero-order chi connectivity index (χ0) is 12.9. The van der Waals surface area contributed by atoms with Gasteiger partial charge in [-0.3, -0.25) is 19.2 Å². The van der Waals surface area contributed by atoms with Crippen molar-refractivity contribution in [1.29, 1.82) is 0 Å². The fraction of sp³-hybridized carbons (Fsp3) is 0.143. The van der Waals surface area contributed by atoms with Gasteiger partial charge in [0, 0.05) is 23.1 Å². The molecule has 3 rings (SSSR count). The summed E-state index contributed by atoms with van der Waals surface area (Å²) in [5, 5.41) is 0. The van der Waals surface area contributed by atoms with Crippen LogP contribution in [0.25, 0.3) is 0 Å². The summed E-state index contributed by atoms with van der Waals surface area (Å²) in [6.45, 7) is 0. The maximum Gasteiger partial charge on any atom is 0.232 e. The highest BCUT2D eigenvalue weighted by atomic mass is 16.2. The van der Waals surface area contributed by atoms with Crippen LogP contribution < -0.4 is 0 Å². The lowest BCUT2D eigenvalue weighted by molar-refractivity contribution is -0.134. The highest BCUT2D eigenvalue weighted by Crippen LogP contribution is 2.32. The number of rotatable bonds is 0. The maximum absolute atomic E-state index is 12.2. The van der Waals surface area contributed by atoms with Gasteiger partial charge in [0.05, 0.1) is 5.57 Å². The van der Waals surface area contributed by atoms with Crippen LogP contribution in [0.3, 0.4) is 0 Å². The van der Waals surface area contributed by atoms with E-state index in [1.807, 2.05) is 0 Å². The molecule has 4 nitrogen and oxygen atoms in total. The number of ketones is 4. The lowest BCUT2D eigenvalue weighted by Crippen LogP contribution is -2.33. The molecule has 0 aliphatic heterocycles. The van der Waals surface area contributed by atoms with Crippen molar-refractivity contribution in [3.8, 4) is 0 Å². The lowest BCUT2D eigenvalue weighted by atomic mass is 9.76. The molecule has 0 N–H and O–H groups in total. The molecule has 0 radical (unpaired) electrons. The van der Waals surface area contributed by atoms with Crippen molar-refractivity contribution in [2.24, 2.45) is 0 Å². The summed E-state index contributed by atoms with van der Waals surface area (Å²) in [6.07, 6.45) is 0.192. The molecule has 1 aromatic carbocycles. The lowest BCUT2D eigenvalue weighted by Gasteiger charge is -2.22. The first kappa shape index (κ1) is 10.8. The van der Waals surface area contributed by atoms with Gasteiger partial charge in [0.1, 0.15) is 0 Å². The molecule has 0 saturated heterocycles. The topological polar surface area (TPSA) is 68.3 Å². The largest absolute Gasteiger partial charge is 0.290 e. The van der Waals surface area contributed by atoms with E-state index in [9.17, 15) is 19.2 Å². The third kappa shape index (κ3) is 1.26. The second kappa shape index (κ2) is 3.57. The third-order valence-electron chi connectivity index (χ3n) is 3.30.